The van der Waals surface area contributed by atoms with Gasteiger partial charge in [0.05, 0.1) is 11.5 Å². The highest BCUT2D eigenvalue weighted by molar-refractivity contribution is 5.74. The minimum absolute atomic E-state index is 0.0272. The largest absolute Gasteiger partial charge is 0.481 e. The van der Waals surface area contributed by atoms with Gasteiger partial charge in [-0.25, -0.2) is 0 Å². The van der Waals surface area contributed by atoms with Crippen LogP contribution in [0.5, 0.6) is 0 Å². The number of carboxylic acids is 1. The van der Waals surface area contributed by atoms with E-state index in [2.05, 4.69) is 47.6 Å². The number of allylic oxidation sites excluding steroid dienone is 2. The first-order valence-electron chi connectivity index (χ1n) is 19.8. The quantitative estimate of drug-likeness (QED) is 0.120. The summed E-state index contributed by atoms with van der Waals surface area (Å²) >= 11 is 0. The van der Waals surface area contributed by atoms with Gasteiger partial charge in [-0.05, 0) is 116 Å². The molecule has 1 aliphatic heterocycles. The molecule has 1 saturated heterocycles. The number of aliphatic carboxylic acids is 1. The van der Waals surface area contributed by atoms with Gasteiger partial charge in [-0.1, -0.05) is 53.2 Å². The third-order valence-corrected chi connectivity index (χ3v) is 16.2. The molecule has 0 spiro atoms. The van der Waals surface area contributed by atoms with E-state index in [1.807, 2.05) is 6.92 Å². The summed E-state index contributed by atoms with van der Waals surface area (Å²) in [4.78, 5) is 48.4. The molecule has 0 bridgehead atoms. The van der Waals surface area contributed by atoms with E-state index in [1.54, 1.807) is 5.57 Å². The van der Waals surface area contributed by atoms with Crippen molar-refractivity contribution in [2.45, 2.75) is 171 Å². The highest BCUT2D eigenvalue weighted by Gasteiger charge is 2.68. The molecule has 4 saturated carbocycles. The molecular weight excluding hydrogens is 664 g/mol. The summed E-state index contributed by atoms with van der Waals surface area (Å²) in [6.07, 6.45) is 9.14. The maximum Gasteiger partial charge on any atom is 0.309 e. The second kappa shape index (κ2) is 13.4. The third-order valence-electron chi connectivity index (χ3n) is 16.2. The molecule has 0 aromatic heterocycles. The Labute approximate surface area is 310 Å². The summed E-state index contributed by atoms with van der Waals surface area (Å²) in [6, 6.07) is 0. The lowest BCUT2D eigenvalue weighted by Crippen LogP contribution is -2.65. The standard InChI is InChI=1S/C42H64O10/c1-24(43)48-23-30-35(50-26(3)45)29(49-25(2)44)21-34(51-30)52-33-14-15-40(8)31(37(33,4)5)13-16-42(10)32(40)12-11-27-28-22-39(7,36(46)47)18-17-38(28,6)19-20-41(27,42)9/h11,28-35H,12-23H2,1-10H3,(H,46,47)/t28-,29+,30+,31-,32+,33-,34+,35-,38+,39-,40-,41+,42+/m0/s1. The molecule has 0 amide bonds. The SMILES string of the molecule is CC(=O)OC[C@H]1O[C@H](O[C@H]2CC[C@]3(C)[C@H]4CC=C5[C@@H]6C[C@@](C)(C(=O)O)CC[C@]6(C)CC[C@@]5(C)[C@]4(C)CC[C@H]3C2(C)C)C[C@@H](OC(C)=O)[C@@H]1OC(C)=O. The van der Waals surface area contributed by atoms with E-state index in [-0.39, 0.29) is 46.2 Å². The first kappa shape index (κ1) is 39.2. The normalized spacial score (nSPS) is 46.5. The number of carbonyl (C=O) groups excluding carboxylic acids is 3. The number of hydrogen-bond donors (Lipinski definition) is 1. The molecule has 5 fully saturated rings. The van der Waals surface area contributed by atoms with Crippen LogP contribution >= 0.6 is 0 Å². The van der Waals surface area contributed by atoms with Crippen LogP contribution in [0.25, 0.3) is 0 Å². The molecule has 1 heterocycles. The summed E-state index contributed by atoms with van der Waals surface area (Å²) in [7, 11) is 0. The fourth-order valence-corrected chi connectivity index (χ4v) is 12.9. The van der Waals surface area contributed by atoms with Crippen molar-refractivity contribution >= 4 is 23.9 Å². The average Bonchev–Trinajstić information content (AvgIpc) is 3.03. The number of carboxylic acid groups (broad SMARTS) is 1. The number of esters is 3. The molecule has 52 heavy (non-hydrogen) atoms. The number of hydrogen-bond acceptors (Lipinski definition) is 9. The maximum atomic E-state index is 12.5. The average molecular weight is 729 g/mol. The fourth-order valence-electron chi connectivity index (χ4n) is 12.9. The van der Waals surface area contributed by atoms with E-state index < -0.39 is 53.9 Å². The summed E-state index contributed by atoms with van der Waals surface area (Å²) in [5.41, 5.74) is 1.05. The van der Waals surface area contributed by atoms with E-state index >= 15 is 0 Å². The van der Waals surface area contributed by atoms with Gasteiger partial charge < -0.3 is 28.8 Å². The van der Waals surface area contributed by atoms with E-state index in [4.69, 9.17) is 23.7 Å². The van der Waals surface area contributed by atoms with Gasteiger partial charge in [-0.15, -0.1) is 0 Å². The van der Waals surface area contributed by atoms with Crippen LogP contribution in [0.4, 0.5) is 0 Å². The van der Waals surface area contributed by atoms with E-state index in [9.17, 15) is 24.3 Å². The van der Waals surface area contributed by atoms with Crippen LogP contribution in [0.2, 0.25) is 0 Å². The van der Waals surface area contributed by atoms with Crippen molar-refractivity contribution in [2.75, 3.05) is 6.61 Å². The van der Waals surface area contributed by atoms with Crippen LogP contribution in [0.1, 0.15) is 140 Å². The predicted molar refractivity (Wildman–Crippen MR) is 193 cm³/mol. The van der Waals surface area contributed by atoms with Gasteiger partial charge in [0.2, 0.25) is 0 Å². The van der Waals surface area contributed by atoms with Gasteiger partial charge in [0.15, 0.2) is 12.4 Å². The highest BCUT2D eigenvalue weighted by Crippen LogP contribution is 2.75. The summed E-state index contributed by atoms with van der Waals surface area (Å²) in [5, 5.41) is 10.3. The minimum Gasteiger partial charge on any atom is -0.481 e. The molecule has 0 aromatic carbocycles. The highest BCUT2D eigenvalue weighted by atomic mass is 16.7. The third kappa shape index (κ3) is 6.33. The second-order valence-electron chi connectivity index (χ2n) is 19.4. The molecule has 0 unspecified atom stereocenters. The summed E-state index contributed by atoms with van der Waals surface area (Å²) < 4.78 is 29.7. The Morgan fingerprint density at radius 2 is 1.50 bits per heavy atom. The van der Waals surface area contributed by atoms with Crippen molar-refractivity contribution in [3.8, 4) is 0 Å². The molecule has 6 rings (SSSR count). The topological polar surface area (TPSA) is 135 Å². The van der Waals surface area contributed by atoms with Gasteiger partial charge >= 0.3 is 23.9 Å². The number of carbonyl (C=O) groups is 4. The van der Waals surface area contributed by atoms with Crippen LogP contribution in [0.3, 0.4) is 0 Å². The zero-order valence-electron chi connectivity index (χ0n) is 33.3. The Morgan fingerprint density at radius 1 is 0.827 bits per heavy atom. The summed E-state index contributed by atoms with van der Waals surface area (Å²) in [5.74, 6) is -1.01. The molecule has 13 atom stereocenters. The smallest absolute Gasteiger partial charge is 0.309 e. The monoisotopic (exact) mass is 728 g/mol. The lowest BCUT2D eigenvalue weighted by molar-refractivity contribution is -0.300. The van der Waals surface area contributed by atoms with Gasteiger partial charge in [-0.2, -0.15) is 0 Å². The number of ether oxygens (including phenoxy) is 5. The van der Waals surface area contributed by atoms with Crippen LogP contribution in [-0.4, -0.2) is 66.3 Å². The van der Waals surface area contributed by atoms with Crippen molar-refractivity contribution < 1.29 is 48.0 Å². The molecule has 0 radical (unpaired) electrons. The van der Waals surface area contributed by atoms with E-state index in [1.165, 1.54) is 20.8 Å². The lowest BCUT2D eigenvalue weighted by Gasteiger charge is -2.71. The molecule has 10 heteroatoms. The number of rotatable bonds is 7. The van der Waals surface area contributed by atoms with Crippen molar-refractivity contribution in [1.82, 2.24) is 0 Å². The predicted octanol–water partition coefficient (Wildman–Crippen LogP) is 7.80. The first-order valence-corrected chi connectivity index (χ1v) is 19.8. The Kier molecular flexibility index (Phi) is 10.1. The minimum atomic E-state index is -0.936. The maximum absolute atomic E-state index is 12.5. The molecular formula is C42H64O10. The zero-order valence-corrected chi connectivity index (χ0v) is 33.3. The molecule has 6 aliphatic rings. The zero-order chi connectivity index (χ0) is 38.2. The van der Waals surface area contributed by atoms with Gasteiger partial charge in [0.25, 0.3) is 0 Å². The molecule has 10 nitrogen and oxygen atoms in total. The van der Waals surface area contributed by atoms with Crippen molar-refractivity contribution in [2.24, 2.45) is 50.2 Å². The molecule has 1 N–H and O–H groups in total. The first-order chi connectivity index (χ1) is 24.1. The van der Waals surface area contributed by atoms with Gasteiger partial charge in [0.1, 0.15) is 18.8 Å². The van der Waals surface area contributed by atoms with Gasteiger partial charge in [-0.3, -0.25) is 19.2 Å². The fraction of sp³-hybridized carbons (Fsp3) is 0.857. The van der Waals surface area contributed by atoms with Crippen molar-refractivity contribution in [1.29, 1.82) is 0 Å². The van der Waals surface area contributed by atoms with Crippen molar-refractivity contribution in [3.63, 3.8) is 0 Å². The Morgan fingerprint density at radius 3 is 2.13 bits per heavy atom. The van der Waals surface area contributed by atoms with Crippen LogP contribution in [-0.2, 0) is 42.9 Å². The molecule has 292 valence electrons. The van der Waals surface area contributed by atoms with Crippen LogP contribution < -0.4 is 0 Å². The summed E-state index contributed by atoms with van der Waals surface area (Å²) in [6.45, 7) is 20.4. The molecule has 0 aromatic rings. The van der Waals surface area contributed by atoms with E-state index in [0.29, 0.717) is 17.8 Å². The second-order valence-corrected chi connectivity index (χ2v) is 19.4. The Bertz CT molecular complexity index is 1490. The number of fused-ring (bicyclic) bond motifs is 7. The lowest BCUT2D eigenvalue weighted by atomic mass is 9.33. The Balaban J connectivity index is 1.24. The van der Waals surface area contributed by atoms with E-state index in [0.717, 1.165) is 64.2 Å². The van der Waals surface area contributed by atoms with Gasteiger partial charge in [0, 0.05) is 27.2 Å². The van der Waals surface area contributed by atoms with Crippen molar-refractivity contribution in [3.05, 3.63) is 11.6 Å². The van der Waals surface area contributed by atoms with Crippen LogP contribution in [0, 0.1) is 50.2 Å². The van der Waals surface area contributed by atoms with Crippen LogP contribution in [0.15, 0.2) is 11.6 Å². The molecule has 5 aliphatic carbocycles. The Hall–Kier alpha value is -2.46.